The summed E-state index contributed by atoms with van der Waals surface area (Å²) in [4.78, 5) is 30.1. The number of ether oxygens (including phenoxy) is 1. The summed E-state index contributed by atoms with van der Waals surface area (Å²) in [6, 6.07) is 0. The molecule has 0 bridgehead atoms. The molecule has 1 amide bonds. The van der Waals surface area contributed by atoms with Gasteiger partial charge in [0.1, 0.15) is 5.00 Å². The maximum atomic E-state index is 12.3. The molecule has 1 aliphatic rings. The summed E-state index contributed by atoms with van der Waals surface area (Å²) in [6.45, 7) is 4.14. The van der Waals surface area contributed by atoms with Gasteiger partial charge in [0.05, 0.1) is 18.4 Å². The standard InChI is InChI=1S/C17H20N2O3S3/c1-9-4-5-11-12(6-9)25-15(14(11)16(21)22-3)19-13(20)8-24-17-18-10(2)7-23-17/h7,9H,4-6,8H2,1-3H3,(H,19,20)/t9-/m0/s1. The second-order valence-corrected chi connectivity index (χ2v) is 9.32. The zero-order valence-corrected chi connectivity index (χ0v) is 16.8. The van der Waals surface area contributed by atoms with Gasteiger partial charge in [0.25, 0.3) is 0 Å². The maximum absolute atomic E-state index is 12.3. The number of nitrogens with one attached hydrogen (secondary N) is 1. The van der Waals surface area contributed by atoms with Crippen molar-refractivity contribution >= 4 is 51.3 Å². The molecule has 134 valence electrons. The average Bonchev–Trinajstić information content (AvgIpc) is 3.14. The molecule has 25 heavy (non-hydrogen) atoms. The lowest BCUT2D eigenvalue weighted by molar-refractivity contribution is -0.113. The van der Waals surface area contributed by atoms with Gasteiger partial charge in [0.2, 0.25) is 5.91 Å². The summed E-state index contributed by atoms with van der Waals surface area (Å²) in [5.74, 6) is 0.371. The highest BCUT2D eigenvalue weighted by Crippen LogP contribution is 2.40. The zero-order chi connectivity index (χ0) is 18.0. The van der Waals surface area contributed by atoms with Crippen LogP contribution < -0.4 is 5.32 Å². The number of nitrogens with zero attached hydrogens (tertiary/aromatic N) is 1. The highest BCUT2D eigenvalue weighted by atomic mass is 32.2. The predicted molar refractivity (Wildman–Crippen MR) is 103 cm³/mol. The van der Waals surface area contributed by atoms with Gasteiger partial charge in [-0.2, -0.15) is 0 Å². The van der Waals surface area contributed by atoms with Crippen molar-refractivity contribution in [3.8, 4) is 0 Å². The quantitative estimate of drug-likeness (QED) is 0.607. The van der Waals surface area contributed by atoms with Crippen LogP contribution in [0.15, 0.2) is 9.72 Å². The van der Waals surface area contributed by atoms with Crippen LogP contribution in [0, 0.1) is 12.8 Å². The van der Waals surface area contributed by atoms with Crippen LogP contribution in [0.1, 0.15) is 39.8 Å². The highest BCUT2D eigenvalue weighted by molar-refractivity contribution is 8.01. The average molecular weight is 397 g/mol. The summed E-state index contributed by atoms with van der Waals surface area (Å²) >= 11 is 4.45. The summed E-state index contributed by atoms with van der Waals surface area (Å²) in [5, 5.41) is 5.49. The summed E-state index contributed by atoms with van der Waals surface area (Å²) < 4.78 is 5.82. The van der Waals surface area contributed by atoms with Gasteiger partial charge in [0, 0.05) is 16.0 Å². The Hall–Kier alpha value is -1.38. The number of fused-ring (bicyclic) bond motifs is 1. The van der Waals surface area contributed by atoms with E-state index in [9.17, 15) is 9.59 Å². The van der Waals surface area contributed by atoms with Gasteiger partial charge in [-0.05, 0) is 37.7 Å². The topological polar surface area (TPSA) is 68.3 Å². The van der Waals surface area contributed by atoms with Crippen molar-refractivity contribution < 1.29 is 14.3 Å². The van der Waals surface area contributed by atoms with E-state index in [1.54, 1.807) is 0 Å². The monoisotopic (exact) mass is 396 g/mol. The van der Waals surface area contributed by atoms with Crippen LogP contribution in [-0.4, -0.2) is 29.7 Å². The number of rotatable bonds is 5. The second kappa shape index (κ2) is 7.88. The van der Waals surface area contributed by atoms with Gasteiger partial charge in [-0.1, -0.05) is 18.7 Å². The van der Waals surface area contributed by atoms with E-state index >= 15 is 0 Å². The third-order valence-corrected chi connectivity index (χ3v) is 7.39. The first-order valence-corrected chi connectivity index (χ1v) is 10.7. The van der Waals surface area contributed by atoms with Crippen LogP contribution in [0.3, 0.4) is 0 Å². The number of thioether (sulfide) groups is 1. The molecule has 0 radical (unpaired) electrons. The fraction of sp³-hybridized carbons (Fsp3) is 0.471. The first-order valence-electron chi connectivity index (χ1n) is 8.05. The van der Waals surface area contributed by atoms with Crippen molar-refractivity contribution in [2.75, 3.05) is 18.2 Å². The van der Waals surface area contributed by atoms with Gasteiger partial charge in [0.15, 0.2) is 4.34 Å². The number of esters is 1. The minimum Gasteiger partial charge on any atom is -0.465 e. The van der Waals surface area contributed by atoms with E-state index in [0.29, 0.717) is 16.5 Å². The number of hydrogen-bond donors (Lipinski definition) is 1. The summed E-state index contributed by atoms with van der Waals surface area (Å²) in [7, 11) is 1.38. The molecule has 0 unspecified atom stereocenters. The van der Waals surface area contributed by atoms with Gasteiger partial charge < -0.3 is 10.1 Å². The predicted octanol–water partition coefficient (Wildman–Crippen LogP) is 4.16. The van der Waals surface area contributed by atoms with Crippen LogP contribution in [0.25, 0.3) is 0 Å². The molecule has 2 aromatic heterocycles. The van der Waals surface area contributed by atoms with E-state index < -0.39 is 0 Å². The Morgan fingerprint density at radius 3 is 2.96 bits per heavy atom. The van der Waals surface area contributed by atoms with Crippen molar-refractivity contribution in [2.24, 2.45) is 5.92 Å². The fourth-order valence-corrected chi connectivity index (χ4v) is 5.91. The molecule has 0 saturated heterocycles. The lowest BCUT2D eigenvalue weighted by atomic mass is 9.88. The molecule has 1 aliphatic carbocycles. The number of thiazole rings is 1. The number of aromatic nitrogens is 1. The smallest absolute Gasteiger partial charge is 0.341 e. The molecule has 5 nitrogen and oxygen atoms in total. The number of amides is 1. The van der Waals surface area contributed by atoms with Gasteiger partial charge in [-0.3, -0.25) is 4.79 Å². The minimum absolute atomic E-state index is 0.130. The Morgan fingerprint density at radius 2 is 2.28 bits per heavy atom. The van der Waals surface area contributed by atoms with Crippen molar-refractivity contribution in [2.45, 2.75) is 37.4 Å². The third kappa shape index (κ3) is 4.24. The van der Waals surface area contributed by atoms with Crippen molar-refractivity contribution in [1.82, 2.24) is 4.98 Å². The molecule has 1 atom stereocenters. The number of hydrogen-bond acceptors (Lipinski definition) is 7. The first kappa shape index (κ1) is 18.4. The van der Waals surface area contributed by atoms with E-state index in [2.05, 4.69) is 17.2 Å². The van der Waals surface area contributed by atoms with Crippen molar-refractivity contribution in [3.63, 3.8) is 0 Å². The van der Waals surface area contributed by atoms with Gasteiger partial charge in [-0.25, -0.2) is 9.78 Å². The van der Waals surface area contributed by atoms with E-state index in [1.807, 2.05) is 12.3 Å². The van der Waals surface area contributed by atoms with Gasteiger partial charge >= 0.3 is 5.97 Å². The molecule has 0 saturated carbocycles. The molecule has 0 fully saturated rings. The zero-order valence-electron chi connectivity index (χ0n) is 14.4. The number of carbonyl (C=O) groups excluding carboxylic acids is 2. The molecule has 0 aliphatic heterocycles. The Labute approximate surface area is 159 Å². The number of carbonyl (C=O) groups is 2. The van der Waals surface area contributed by atoms with Crippen LogP contribution in [0.2, 0.25) is 0 Å². The number of aryl methyl sites for hydroxylation is 1. The van der Waals surface area contributed by atoms with Crippen LogP contribution in [-0.2, 0) is 22.4 Å². The normalized spacial score (nSPS) is 16.4. The lowest BCUT2D eigenvalue weighted by Gasteiger charge is -2.18. The summed E-state index contributed by atoms with van der Waals surface area (Å²) in [5.41, 5.74) is 2.55. The van der Waals surface area contributed by atoms with Gasteiger partial charge in [-0.15, -0.1) is 22.7 Å². The Morgan fingerprint density at radius 1 is 1.48 bits per heavy atom. The van der Waals surface area contributed by atoms with Crippen LogP contribution >= 0.6 is 34.4 Å². The molecular weight excluding hydrogens is 376 g/mol. The molecule has 2 aromatic rings. The van der Waals surface area contributed by atoms with E-state index in [-0.39, 0.29) is 17.6 Å². The maximum Gasteiger partial charge on any atom is 0.341 e. The third-order valence-electron chi connectivity index (χ3n) is 4.08. The highest BCUT2D eigenvalue weighted by Gasteiger charge is 2.28. The number of methoxy groups -OCH3 is 1. The van der Waals surface area contributed by atoms with Crippen molar-refractivity contribution in [3.05, 3.63) is 27.1 Å². The molecule has 1 N–H and O–H groups in total. The Bertz CT molecular complexity index is 797. The molecule has 2 heterocycles. The molecule has 8 heteroatoms. The molecule has 0 spiro atoms. The second-order valence-electron chi connectivity index (χ2n) is 6.14. The fourth-order valence-electron chi connectivity index (χ4n) is 2.85. The number of anilines is 1. The van der Waals surface area contributed by atoms with E-state index in [0.717, 1.165) is 34.9 Å². The van der Waals surface area contributed by atoms with Crippen LogP contribution in [0.5, 0.6) is 0 Å². The minimum atomic E-state index is -0.370. The van der Waals surface area contributed by atoms with Crippen molar-refractivity contribution in [1.29, 1.82) is 0 Å². The lowest BCUT2D eigenvalue weighted by Crippen LogP contribution is -2.17. The molecular formula is C17H20N2O3S3. The Kier molecular flexibility index (Phi) is 5.81. The molecule has 3 rings (SSSR count). The number of thiophene rings is 1. The summed E-state index contributed by atoms with van der Waals surface area (Å²) in [6.07, 6.45) is 2.87. The van der Waals surface area contributed by atoms with Crippen LogP contribution in [0.4, 0.5) is 5.00 Å². The molecule has 0 aromatic carbocycles. The Balaban J connectivity index is 1.74. The van der Waals surface area contributed by atoms with E-state index in [4.69, 9.17) is 4.74 Å². The SMILES string of the molecule is COC(=O)c1c(NC(=O)CSc2nc(C)cs2)sc2c1CC[C@H](C)C2. The largest absolute Gasteiger partial charge is 0.465 e. The van der Waals surface area contributed by atoms with E-state index in [1.165, 1.54) is 46.4 Å². The first-order chi connectivity index (χ1) is 12.0.